The number of aliphatic imine (C=N–C) groups is 1. The highest BCUT2D eigenvalue weighted by molar-refractivity contribution is 5.36. The lowest BCUT2D eigenvalue weighted by atomic mass is 10.1. The molecule has 0 aromatic rings. The number of hydrogen-bond acceptors (Lipinski definition) is 3. The van der Waals surface area contributed by atoms with Crippen molar-refractivity contribution in [2.75, 3.05) is 6.61 Å². The summed E-state index contributed by atoms with van der Waals surface area (Å²) in [6.07, 6.45) is 4.52. The van der Waals surface area contributed by atoms with Gasteiger partial charge in [0.15, 0.2) is 0 Å². The Morgan fingerprint density at radius 1 is 1.45 bits per heavy atom. The fourth-order valence-corrected chi connectivity index (χ4v) is 0.982. The molecule has 0 N–H and O–H groups in total. The molecule has 1 fully saturated rings. The monoisotopic (exact) mass is 151 g/mol. The molecule has 0 saturated carbocycles. The Balaban J connectivity index is 2.36. The molecule has 0 aliphatic carbocycles. The van der Waals surface area contributed by atoms with Crippen LogP contribution in [0.5, 0.6) is 0 Å². The molecule has 3 nitrogen and oxygen atoms in total. The molecule has 1 unspecified atom stereocenters. The van der Waals surface area contributed by atoms with Crippen molar-refractivity contribution in [2.45, 2.75) is 25.4 Å². The number of isocyanates is 1. The van der Waals surface area contributed by atoms with Crippen molar-refractivity contribution in [1.82, 2.24) is 0 Å². The highest BCUT2D eigenvalue weighted by Crippen LogP contribution is 2.11. The average molecular weight is 151 g/mol. The molecule has 0 radical (unpaired) electrons. The Morgan fingerprint density at radius 2 is 2.36 bits per heavy atom. The molecule has 11 heavy (non-hydrogen) atoms. The third-order valence-electron chi connectivity index (χ3n) is 1.51. The van der Waals surface area contributed by atoms with Gasteiger partial charge in [-0.1, -0.05) is 0 Å². The number of nitrogens with zero attached hydrogens (tertiary/aromatic N) is 1. The van der Waals surface area contributed by atoms with Crippen molar-refractivity contribution in [2.24, 2.45) is 4.99 Å². The summed E-state index contributed by atoms with van der Waals surface area (Å²) in [7, 11) is 0. The SMILES string of the molecule is O=C=NC#CC1CCCCO1. The van der Waals surface area contributed by atoms with Gasteiger partial charge in [-0.25, -0.2) is 4.79 Å². The van der Waals surface area contributed by atoms with Gasteiger partial charge >= 0.3 is 0 Å². The molecule has 1 saturated heterocycles. The molecule has 1 heterocycles. The first-order chi connectivity index (χ1) is 5.43. The molecule has 0 aromatic heterocycles. The first kappa shape index (κ1) is 8.00. The maximum atomic E-state index is 9.61. The van der Waals surface area contributed by atoms with E-state index in [1.807, 2.05) is 0 Å². The van der Waals surface area contributed by atoms with Gasteiger partial charge in [-0.05, 0) is 25.2 Å². The largest absolute Gasteiger partial charge is 0.365 e. The normalized spacial score (nSPS) is 22.7. The van der Waals surface area contributed by atoms with Gasteiger partial charge in [-0.3, -0.25) is 0 Å². The average Bonchev–Trinajstić information content (AvgIpc) is 2.07. The van der Waals surface area contributed by atoms with E-state index in [0.717, 1.165) is 25.9 Å². The zero-order valence-corrected chi connectivity index (χ0v) is 6.17. The van der Waals surface area contributed by atoms with Gasteiger partial charge in [0.2, 0.25) is 6.08 Å². The third kappa shape index (κ3) is 2.99. The van der Waals surface area contributed by atoms with E-state index in [4.69, 9.17) is 4.74 Å². The van der Waals surface area contributed by atoms with Crippen LogP contribution in [0.25, 0.3) is 0 Å². The lowest BCUT2D eigenvalue weighted by Gasteiger charge is -2.16. The summed E-state index contributed by atoms with van der Waals surface area (Å²) in [6, 6.07) is 2.33. The summed E-state index contributed by atoms with van der Waals surface area (Å²) in [5.41, 5.74) is 0. The predicted molar refractivity (Wildman–Crippen MR) is 39.5 cm³/mol. The molecule has 58 valence electrons. The molecule has 1 rings (SSSR count). The molecule has 1 aliphatic heterocycles. The van der Waals surface area contributed by atoms with Crippen LogP contribution in [0.4, 0.5) is 0 Å². The summed E-state index contributed by atoms with van der Waals surface area (Å²) < 4.78 is 5.26. The predicted octanol–water partition coefficient (Wildman–Crippen LogP) is 0.852. The van der Waals surface area contributed by atoms with Crippen LogP contribution in [0.2, 0.25) is 0 Å². The van der Waals surface area contributed by atoms with E-state index in [1.165, 1.54) is 6.08 Å². The second-order valence-corrected chi connectivity index (χ2v) is 2.31. The first-order valence-corrected chi connectivity index (χ1v) is 3.62. The van der Waals surface area contributed by atoms with Crippen LogP contribution in [-0.2, 0) is 9.53 Å². The van der Waals surface area contributed by atoms with Crippen LogP contribution in [-0.4, -0.2) is 18.8 Å². The van der Waals surface area contributed by atoms with Gasteiger partial charge in [0, 0.05) is 6.61 Å². The second kappa shape index (κ2) is 4.68. The van der Waals surface area contributed by atoms with Crippen molar-refractivity contribution in [3.05, 3.63) is 0 Å². The van der Waals surface area contributed by atoms with Gasteiger partial charge in [0.05, 0.1) is 6.04 Å². The van der Waals surface area contributed by atoms with Crippen molar-refractivity contribution in [1.29, 1.82) is 0 Å². The Morgan fingerprint density at radius 3 is 3.00 bits per heavy atom. The molecule has 0 bridgehead atoms. The van der Waals surface area contributed by atoms with E-state index in [0.29, 0.717) is 0 Å². The number of hydrogen-bond donors (Lipinski definition) is 0. The van der Waals surface area contributed by atoms with Gasteiger partial charge in [0.1, 0.15) is 6.10 Å². The minimum atomic E-state index is -0.0270. The zero-order chi connectivity index (χ0) is 7.94. The fraction of sp³-hybridized carbons (Fsp3) is 0.625. The summed E-state index contributed by atoms with van der Waals surface area (Å²) >= 11 is 0. The minimum Gasteiger partial charge on any atom is -0.365 e. The second-order valence-electron chi connectivity index (χ2n) is 2.31. The van der Waals surface area contributed by atoms with Gasteiger partial charge in [0.25, 0.3) is 0 Å². The van der Waals surface area contributed by atoms with Crippen molar-refractivity contribution in [3.63, 3.8) is 0 Å². The standard InChI is InChI=1S/C8H9NO2/c10-7-9-5-4-8-3-1-2-6-11-8/h8H,1-3,6H2. The van der Waals surface area contributed by atoms with E-state index in [1.54, 1.807) is 0 Å². The number of carbonyl (C=O) groups excluding carboxylic acids is 1. The molecule has 3 heteroatoms. The Bertz CT molecular complexity index is 214. The zero-order valence-electron chi connectivity index (χ0n) is 6.17. The van der Waals surface area contributed by atoms with E-state index in [2.05, 4.69) is 17.0 Å². The van der Waals surface area contributed by atoms with Crippen LogP contribution >= 0.6 is 0 Å². The minimum absolute atomic E-state index is 0.0270. The van der Waals surface area contributed by atoms with Crippen LogP contribution < -0.4 is 0 Å². The van der Waals surface area contributed by atoms with Crippen LogP contribution in [0, 0.1) is 12.0 Å². The number of ether oxygens (including phenoxy) is 1. The van der Waals surface area contributed by atoms with E-state index < -0.39 is 0 Å². The molecule has 0 spiro atoms. The molecule has 1 aliphatic rings. The summed E-state index contributed by atoms with van der Waals surface area (Å²) in [5.74, 6) is 2.72. The maximum absolute atomic E-state index is 9.61. The smallest absolute Gasteiger partial charge is 0.249 e. The van der Waals surface area contributed by atoms with Gasteiger partial charge in [-0.15, -0.1) is 4.99 Å². The first-order valence-electron chi connectivity index (χ1n) is 3.62. The Hall–Kier alpha value is -1.10. The van der Waals surface area contributed by atoms with Gasteiger partial charge in [-0.2, -0.15) is 0 Å². The molecule has 0 amide bonds. The third-order valence-corrected chi connectivity index (χ3v) is 1.51. The topological polar surface area (TPSA) is 38.7 Å². The molecular weight excluding hydrogens is 142 g/mol. The van der Waals surface area contributed by atoms with Crippen LogP contribution in [0.3, 0.4) is 0 Å². The molecular formula is C8H9NO2. The summed E-state index contributed by atoms with van der Waals surface area (Å²) in [6.45, 7) is 0.768. The summed E-state index contributed by atoms with van der Waals surface area (Å²) in [4.78, 5) is 12.7. The van der Waals surface area contributed by atoms with Crippen LogP contribution in [0.15, 0.2) is 4.99 Å². The Kier molecular flexibility index (Phi) is 3.40. The Labute approximate surface area is 65.5 Å². The quantitative estimate of drug-likeness (QED) is 0.292. The highest BCUT2D eigenvalue weighted by Gasteiger charge is 2.09. The van der Waals surface area contributed by atoms with Gasteiger partial charge < -0.3 is 4.74 Å². The number of rotatable bonds is 0. The van der Waals surface area contributed by atoms with E-state index in [9.17, 15) is 4.79 Å². The highest BCUT2D eigenvalue weighted by atomic mass is 16.5. The van der Waals surface area contributed by atoms with Crippen molar-refractivity contribution in [3.8, 4) is 12.0 Å². The van der Waals surface area contributed by atoms with E-state index in [-0.39, 0.29) is 6.10 Å². The fourth-order valence-electron chi connectivity index (χ4n) is 0.982. The van der Waals surface area contributed by atoms with Crippen molar-refractivity contribution >= 4 is 6.08 Å². The van der Waals surface area contributed by atoms with Crippen LogP contribution in [0.1, 0.15) is 19.3 Å². The van der Waals surface area contributed by atoms with Crippen molar-refractivity contribution < 1.29 is 9.53 Å². The summed E-state index contributed by atoms with van der Waals surface area (Å²) in [5, 5.41) is 0. The van der Waals surface area contributed by atoms with E-state index >= 15 is 0 Å². The lowest BCUT2D eigenvalue weighted by Crippen LogP contribution is -2.16. The lowest BCUT2D eigenvalue weighted by molar-refractivity contribution is 0.0525. The molecule has 1 atom stereocenters. The maximum Gasteiger partial charge on any atom is 0.249 e. The molecule has 0 aromatic carbocycles.